The maximum Gasteiger partial charge on any atom is 0.224 e. The maximum absolute atomic E-state index is 11.7. The number of amides is 1. The summed E-state index contributed by atoms with van der Waals surface area (Å²) < 4.78 is 11.0. The average molecular weight is 312 g/mol. The van der Waals surface area contributed by atoms with E-state index in [1.54, 1.807) is 12.1 Å². The minimum atomic E-state index is 0.0245. The van der Waals surface area contributed by atoms with E-state index in [0.29, 0.717) is 31.2 Å². The summed E-state index contributed by atoms with van der Waals surface area (Å²) in [4.78, 5) is 11.7. The lowest BCUT2D eigenvalue weighted by Gasteiger charge is -2.10. The third-order valence-electron chi connectivity index (χ3n) is 3.39. The molecule has 1 heterocycles. The molecule has 1 fully saturated rings. The van der Waals surface area contributed by atoms with Gasteiger partial charge < -0.3 is 14.8 Å². The molecule has 1 saturated heterocycles. The molecule has 0 aromatic heterocycles. The van der Waals surface area contributed by atoms with Crippen LogP contribution in [0.3, 0.4) is 0 Å². The van der Waals surface area contributed by atoms with E-state index in [1.165, 1.54) is 0 Å². The van der Waals surface area contributed by atoms with E-state index in [2.05, 4.69) is 5.32 Å². The number of carbonyl (C=O) groups excluding carboxylic acids is 1. The number of benzene rings is 1. The second-order valence-electron chi connectivity index (χ2n) is 5.22. The van der Waals surface area contributed by atoms with Crippen LogP contribution in [0.5, 0.6) is 0 Å². The largest absolute Gasteiger partial charge is 0.379 e. The van der Waals surface area contributed by atoms with Gasteiger partial charge in [-0.1, -0.05) is 23.7 Å². The molecule has 1 aromatic carbocycles. The molecule has 116 valence electrons. The Labute approximate surface area is 130 Å². The van der Waals surface area contributed by atoms with Crippen LogP contribution >= 0.6 is 11.6 Å². The second-order valence-corrected chi connectivity index (χ2v) is 5.65. The highest BCUT2D eigenvalue weighted by Gasteiger charge is 2.14. The number of halogens is 1. The monoisotopic (exact) mass is 311 g/mol. The van der Waals surface area contributed by atoms with Crippen molar-refractivity contribution in [2.24, 2.45) is 0 Å². The molecule has 0 saturated carbocycles. The van der Waals surface area contributed by atoms with Crippen molar-refractivity contribution in [1.82, 2.24) is 5.32 Å². The summed E-state index contributed by atoms with van der Waals surface area (Å²) in [6.45, 7) is 2.81. The van der Waals surface area contributed by atoms with Gasteiger partial charge in [0.05, 0.1) is 19.1 Å². The third kappa shape index (κ3) is 6.46. The quantitative estimate of drug-likeness (QED) is 0.751. The van der Waals surface area contributed by atoms with E-state index in [0.717, 1.165) is 31.4 Å². The first-order valence-corrected chi connectivity index (χ1v) is 7.82. The standard InChI is InChI=1S/C16H22ClNO3/c17-14-6-4-13(5-7-14)11-16(19)18-8-2-9-20-12-15-3-1-10-21-15/h4-7,15H,1-3,8-12H2,(H,18,19). The molecule has 4 nitrogen and oxygen atoms in total. The second kappa shape index (κ2) is 9.03. The Morgan fingerprint density at radius 3 is 2.90 bits per heavy atom. The third-order valence-corrected chi connectivity index (χ3v) is 3.65. The lowest BCUT2D eigenvalue weighted by Crippen LogP contribution is -2.27. The smallest absolute Gasteiger partial charge is 0.224 e. The van der Waals surface area contributed by atoms with Gasteiger partial charge in [0.15, 0.2) is 0 Å². The van der Waals surface area contributed by atoms with Crippen LogP contribution < -0.4 is 5.32 Å². The summed E-state index contributed by atoms with van der Waals surface area (Å²) in [7, 11) is 0. The van der Waals surface area contributed by atoms with Gasteiger partial charge in [-0.3, -0.25) is 4.79 Å². The van der Waals surface area contributed by atoms with Gasteiger partial charge in [-0.05, 0) is 37.0 Å². The topological polar surface area (TPSA) is 47.6 Å². The number of hydrogen-bond acceptors (Lipinski definition) is 3. The van der Waals surface area contributed by atoms with Gasteiger partial charge in [0, 0.05) is 24.8 Å². The predicted molar refractivity (Wildman–Crippen MR) is 82.6 cm³/mol. The zero-order valence-electron chi connectivity index (χ0n) is 12.1. The number of nitrogens with one attached hydrogen (secondary N) is 1. The number of rotatable bonds is 8. The van der Waals surface area contributed by atoms with Gasteiger partial charge in [-0.2, -0.15) is 0 Å². The van der Waals surface area contributed by atoms with Gasteiger partial charge in [-0.25, -0.2) is 0 Å². The fourth-order valence-electron chi connectivity index (χ4n) is 2.24. The molecule has 2 rings (SSSR count). The van der Waals surface area contributed by atoms with Crippen LogP contribution in [-0.2, 0) is 20.7 Å². The molecule has 1 N–H and O–H groups in total. The van der Waals surface area contributed by atoms with Crippen molar-refractivity contribution in [2.75, 3.05) is 26.4 Å². The Bertz CT molecular complexity index is 430. The van der Waals surface area contributed by atoms with Crippen molar-refractivity contribution in [2.45, 2.75) is 31.8 Å². The maximum atomic E-state index is 11.7. The van der Waals surface area contributed by atoms with Gasteiger partial charge >= 0.3 is 0 Å². The summed E-state index contributed by atoms with van der Waals surface area (Å²) in [6.07, 6.45) is 3.70. The molecule has 0 aliphatic carbocycles. The summed E-state index contributed by atoms with van der Waals surface area (Å²) >= 11 is 5.80. The Morgan fingerprint density at radius 1 is 1.38 bits per heavy atom. The van der Waals surface area contributed by atoms with E-state index in [1.807, 2.05) is 12.1 Å². The number of ether oxygens (including phenoxy) is 2. The van der Waals surface area contributed by atoms with E-state index in [4.69, 9.17) is 21.1 Å². The van der Waals surface area contributed by atoms with Crippen LogP contribution in [-0.4, -0.2) is 38.4 Å². The van der Waals surface area contributed by atoms with Crippen molar-refractivity contribution >= 4 is 17.5 Å². The first kappa shape index (κ1) is 16.3. The minimum absolute atomic E-state index is 0.0245. The highest BCUT2D eigenvalue weighted by atomic mass is 35.5. The lowest BCUT2D eigenvalue weighted by atomic mass is 10.1. The van der Waals surface area contributed by atoms with E-state index >= 15 is 0 Å². The minimum Gasteiger partial charge on any atom is -0.379 e. The Kier molecular flexibility index (Phi) is 7.00. The van der Waals surface area contributed by atoms with Gasteiger partial charge in [-0.15, -0.1) is 0 Å². The molecule has 1 aliphatic rings. The highest BCUT2D eigenvalue weighted by Crippen LogP contribution is 2.12. The molecule has 1 amide bonds. The van der Waals surface area contributed by atoms with Crippen molar-refractivity contribution in [3.8, 4) is 0 Å². The summed E-state index contributed by atoms with van der Waals surface area (Å²) in [5.74, 6) is 0.0245. The first-order valence-electron chi connectivity index (χ1n) is 7.44. The molecule has 0 bridgehead atoms. The molecule has 5 heteroatoms. The van der Waals surface area contributed by atoms with Crippen LogP contribution in [0.25, 0.3) is 0 Å². The number of hydrogen-bond donors (Lipinski definition) is 1. The van der Waals surface area contributed by atoms with Crippen molar-refractivity contribution in [1.29, 1.82) is 0 Å². The van der Waals surface area contributed by atoms with Crippen LogP contribution in [0.1, 0.15) is 24.8 Å². The van der Waals surface area contributed by atoms with Crippen molar-refractivity contribution in [3.63, 3.8) is 0 Å². The molecule has 0 spiro atoms. The van der Waals surface area contributed by atoms with Gasteiger partial charge in [0.1, 0.15) is 0 Å². The molecular weight excluding hydrogens is 290 g/mol. The van der Waals surface area contributed by atoms with Crippen LogP contribution in [0, 0.1) is 0 Å². The summed E-state index contributed by atoms with van der Waals surface area (Å²) in [5, 5.41) is 3.57. The zero-order chi connectivity index (χ0) is 14.9. The molecule has 1 aliphatic heterocycles. The van der Waals surface area contributed by atoms with Crippen LogP contribution in [0.2, 0.25) is 5.02 Å². The SMILES string of the molecule is O=C(Cc1ccc(Cl)cc1)NCCCOCC1CCCO1. The molecule has 21 heavy (non-hydrogen) atoms. The first-order chi connectivity index (χ1) is 10.2. The average Bonchev–Trinajstić information content (AvgIpc) is 2.98. The van der Waals surface area contributed by atoms with Crippen LogP contribution in [0.15, 0.2) is 24.3 Å². The fraction of sp³-hybridized carbons (Fsp3) is 0.562. The van der Waals surface area contributed by atoms with Gasteiger partial charge in [0.2, 0.25) is 5.91 Å². The normalized spacial score (nSPS) is 17.9. The Morgan fingerprint density at radius 2 is 2.19 bits per heavy atom. The van der Waals surface area contributed by atoms with E-state index < -0.39 is 0 Å². The van der Waals surface area contributed by atoms with E-state index in [9.17, 15) is 4.79 Å². The summed E-state index contributed by atoms with van der Waals surface area (Å²) in [6, 6.07) is 7.32. The lowest BCUT2D eigenvalue weighted by molar-refractivity contribution is -0.120. The van der Waals surface area contributed by atoms with Crippen LogP contribution in [0.4, 0.5) is 0 Å². The summed E-state index contributed by atoms with van der Waals surface area (Å²) in [5.41, 5.74) is 0.964. The van der Waals surface area contributed by atoms with E-state index in [-0.39, 0.29) is 12.0 Å². The fourth-order valence-corrected chi connectivity index (χ4v) is 2.37. The van der Waals surface area contributed by atoms with Gasteiger partial charge in [0.25, 0.3) is 0 Å². The molecular formula is C16H22ClNO3. The zero-order valence-corrected chi connectivity index (χ0v) is 12.9. The Balaban J connectivity index is 1.49. The predicted octanol–water partition coefficient (Wildman–Crippen LogP) is 2.58. The molecule has 0 radical (unpaired) electrons. The molecule has 1 aromatic rings. The molecule has 1 unspecified atom stereocenters. The van der Waals surface area contributed by atoms with Crippen molar-refractivity contribution in [3.05, 3.63) is 34.9 Å². The van der Waals surface area contributed by atoms with Crippen molar-refractivity contribution < 1.29 is 14.3 Å². The Hall–Kier alpha value is -1.10. The number of carbonyl (C=O) groups is 1. The molecule has 1 atom stereocenters. The highest BCUT2D eigenvalue weighted by molar-refractivity contribution is 6.30.